The molecule has 0 aliphatic carbocycles. The van der Waals surface area contributed by atoms with Crippen LogP contribution in [0, 0.1) is 0 Å². The van der Waals surface area contributed by atoms with Gasteiger partial charge in [-0.1, -0.05) is 43.0 Å². The lowest BCUT2D eigenvalue weighted by molar-refractivity contribution is 0.0635. The zero-order valence-electron chi connectivity index (χ0n) is 12.4. The summed E-state index contributed by atoms with van der Waals surface area (Å²) in [5, 5.41) is 0.982. The number of rotatable bonds is 5. The van der Waals surface area contributed by atoms with Gasteiger partial charge in [-0.3, -0.25) is 9.69 Å². The Labute approximate surface area is 136 Å². The molecule has 1 amide bonds. The highest BCUT2D eigenvalue weighted by atomic mass is 35.5. The van der Waals surface area contributed by atoms with Gasteiger partial charge in [0.05, 0.1) is 10.6 Å². The smallest absolute Gasteiger partial charge is 0.255 e. The molecule has 116 valence electrons. The lowest BCUT2D eigenvalue weighted by atomic mass is 10.1. The van der Waals surface area contributed by atoms with Crippen molar-refractivity contribution in [2.75, 3.05) is 32.7 Å². The highest BCUT2D eigenvalue weighted by Crippen LogP contribution is 2.22. The molecule has 1 fully saturated rings. The summed E-state index contributed by atoms with van der Waals surface area (Å²) in [7, 11) is 0. The summed E-state index contributed by atoms with van der Waals surface area (Å²) in [5.74, 6) is 0.00451. The number of carbonyl (C=O) groups excluding carboxylic acids is 1. The average Bonchev–Trinajstić information content (AvgIpc) is 2.48. The summed E-state index contributed by atoms with van der Waals surface area (Å²) < 4.78 is 0. The molecule has 21 heavy (non-hydrogen) atoms. The van der Waals surface area contributed by atoms with Gasteiger partial charge in [-0.2, -0.15) is 0 Å². The monoisotopic (exact) mass is 328 g/mol. The van der Waals surface area contributed by atoms with Gasteiger partial charge in [0.1, 0.15) is 0 Å². The molecule has 1 aromatic carbocycles. The number of benzene rings is 1. The zero-order valence-corrected chi connectivity index (χ0v) is 14.0. The Morgan fingerprint density at radius 2 is 1.86 bits per heavy atom. The van der Waals surface area contributed by atoms with E-state index in [2.05, 4.69) is 11.8 Å². The molecule has 0 atom stereocenters. The molecule has 1 saturated heterocycles. The van der Waals surface area contributed by atoms with Crippen LogP contribution in [0.25, 0.3) is 0 Å². The third-order valence-electron chi connectivity index (χ3n) is 3.90. The first-order valence-electron chi connectivity index (χ1n) is 7.58. The van der Waals surface area contributed by atoms with Crippen molar-refractivity contribution in [3.05, 3.63) is 33.8 Å². The Morgan fingerprint density at radius 1 is 1.14 bits per heavy atom. The van der Waals surface area contributed by atoms with Crippen LogP contribution in [-0.2, 0) is 0 Å². The molecule has 1 aromatic rings. The topological polar surface area (TPSA) is 23.6 Å². The van der Waals surface area contributed by atoms with E-state index in [9.17, 15) is 4.79 Å². The summed E-state index contributed by atoms with van der Waals surface area (Å²) >= 11 is 12.0. The van der Waals surface area contributed by atoms with E-state index < -0.39 is 0 Å². The van der Waals surface area contributed by atoms with Gasteiger partial charge in [0.25, 0.3) is 5.91 Å². The summed E-state index contributed by atoms with van der Waals surface area (Å²) in [6, 6.07) is 5.04. The normalized spacial score (nSPS) is 16.2. The number of unbranched alkanes of at least 4 members (excludes halogenated alkanes) is 2. The van der Waals surface area contributed by atoms with Crippen molar-refractivity contribution in [2.24, 2.45) is 0 Å². The van der Waals surface area contributed by atoms with Gasteiger partial charge < -0.3 is 4.90 Å². The van der Waals surface area contributed by atoms with Crippen LogP contribution in [0.4, 0.5) is 0 Å². The van der Waals surface area contributed by atoms with Gasteiger partial charge in [0, 0.05) is 31.2 Å². The molecule has 0 aromatic heterocycles. The third-order valence-corrected chi connectivity index (χ3v) is 4.45. The summed E-state index contributed by atoms with van der Waals surface area (Å²) in [5.41, 5.74) is 0.542. The van der Waals surface area contributed by atoms with Crippen LogP contribution in [-0.4, -0.2) is 48.4 Å². The average molecular weight is 329 g/mol. The molecule has 0 bridgehead atoms. The molecule has 0 radical (unpaired) electrons. The molecule has 1 aliphatic heterocycles. The lowest BCUT2D eigenvalue weighted by Gasteiger charge is -2.35. The van der Waals surface area contributed by atoms with Gasteiger partial charge in [-0.05, 0) is 31.2 Å². The molecule has 0 spiro atoms. The van der Waals surface area contributed by atoms with Crippen molar-refractivity contribution in [2.45, 2.75) is 26.2 Å². The van der Waals surface area contributed by atoms with Crippen molar-refractivity contribution in [1.82, 2.24) is 9.80 Å². The molecular formula is C16H22Cl2N2O. The third kappa shape index (κ3) is 4.60. The zero-order chi connectivity index (χ0) is 15.2. The minimum Gasteiger partial charge on any atom is -0.336 e. The molecule has 1 heterocycles. The van der Waals surface area contributed by atoms with Gasteiger partial charge in [-0.15, -0.1) is 0 Å². The first-order chi connectivity index (χ1) is 10.1. The first-order valence-corrected chi connectivity index (χ1v) is 8.34. The van der Waals surface area contributed by atoms with E-state index in [1.807, 2.05) is 4.90 Å². The number of halogens is 2. The predicted molar refractivity (Wildman–Crippen MR) is 88.3 cm³/mol. The number of carbonyl (C=O) groups is 1. The Balaban J connectivity index is 1.88. The van der Waals surface area contributed by atoms with E-state index >= 15 is 0 Å². The Kier molecular flexibility index (Phi) is 6.34. The molecule has 5 heteroatoms. The lowest BCUT2D eigenvalue weighted by Crippen LogP contribution is -2.48. The van der Waals surface area contributed by atoms with E-state index in [1.54, 1.807) is 18.2 Å². The van der Waals surface area contributed by atoms with Crippen molar-refractivity contribution >= 4 is 29.1 Å². The molecule has 0 saturated carbocycles. The number of hydrogen-bond acceptors (Lipinski definition) is 2. The predicted octanol–water partition coefficient (Wildman–Crippen LogP) is 3.94. The molecule has 0 unspecified atom stereocenters. The van der Waals surface area contributed by atoms with Crippen LogP contribution in [0.5, 0.6) is 0 Å². The Morgan fingerprint density at radius 3 is 2.48 bits per heavy atom. The van der Waals surface area contributed by atoms with E-state index in [4.69, 9.17) is 23.2 Å². The van der Waals surface area contributed by atoms with Gasteiger partial charge in [0.15, 0.2) is 0 Å². The number of amides is 1. The number of piperazine rings is 1. The Bertz CT molecular complexity index is 485. The Hall–Kier alpha value is -0.770. The maximum Gasteiger partial charge on any atom is 0.255 e. The fourth-order valence-electron chi connectivity index (χ4n) is 2.59. The summed E-state index contributed by atoms with van der Waals surface area (Å²) in [6.07, 6.45) is 3.76. The second kappa shape index (κ2) is 8.02. The van der Waals surface area contributed by atoms with Crippen LogP contribution in [0.3, 0.4) is 0 Å². The first kappa shape index (κ1) is 16.6. The minimum absolute atomic E-state index is 0.00451. The minimum atomic E-state index is 0.00451. The van der Waals surface area contributed by atoms with Crippen LogP contribution < -0.4 is 0 Å². The molecule has 3 nitrogen and oxygen atoms in total. The van der Waals surface area contributed by atoms with E-state index in [-0.39, 0.29) is 5.91 Å². The van der Waals surface area contributed by atoms with E-state index in [0.717, 1.165) is 32.7 Å². The van der Waals surface area contributed by atoms with Crippen LogP contribution in [0.15, 0.2) is 18.2 Å². The number of nitrogens with zero attached hydrogens (tertiary/aromatic N) is 2. The highest BCUT2D eigenvalue weighted by Gasteiger charge is 2.23. The van der Waals surface area contributed by atoms with Gasteiger partial charge in [-0.25, -0.2) is 0 Å². The van der Waals surface area contributed by atoms with Gasteiger partial charge >= 0.3 is 0 Å². The maximum atomic E-state index is 12.5. The quantitative estimate of drug-likeness (QED) is 0.764. The number of hydrogen-bond donors (Lipinski definition) is 0. The standard InChI is InChI=1S/C16H22Cl2N2O/c1-2-3-4-7-19-8-10-20(11-9-19)16(21)14-6-5-13(17)12-15(14)18/h5-6,12H,2-4,7-11H2,1H3. The highest BCUT2D eigenvalue weighted by molar-refractivity contribution is 6.36. The van der Waals surface area contributed by atoms with Crippen molar-refractivity contribution in [3.8, 4) is 0 Å². The molecule has 0 N–H and O–H groups in total. The summed E-state index contributed by atoms with van der Waals surface area (Å²) in [4.78, 5) is 16.8. The van der Waals surface area contributed by atoms with Gasteiger partial charge in [0.2, 0.25) is 0 Å². The van der Waals surface area contributed by atoms with Crippen LogP contribution in [0.1, 0.15) is 36.5 Å². The second-order valence-electron chi connectivity index (χ2n) is 5.47. The molecular weight excluding hydrogens is 307 g/mol. The van der Waals surface area contributed by atoms with Crippen LogP contribution >= 0.6 is 23.2 Å². The SMILES string of the molecule is CCCCCN1CCN(C(=O)c2ccc(Cl)cc2Cl)CC1. The van der Waals surface area contributed by atoms with Crippen molar-refractivity contribution in [1.29, 1.82) is 0 Å². The summed E-state index contributed by atoms with van der Waals surface area (Å²) in [6.45, 7) is 6.78. The van der Waals surface area contributed by atoms with Crippen LogP contribution in [0.2, 0.25) is 10.0 Å². The molecule has 1 aliphatic rings. The largest absolute Gasteiger partial charge is 0.336 e. The maximum absolute atomic E-state index is 12.5. The van der Waals surface area contributed by atoms with E-state index in [1.165, 1.54) is 19.3 Å². The fraction of sp³-hybridized carbons (Fsp3) is 0.562. The van der Waals surface area contributed by atoms with E-state index in [0.29, 0.717) is 15.6 Å². The fourth-order valence-corrected chi connectivity index (χ4v) is 3.08. The second-order valence-corrected chi connectivity index (χ2v) is 6.31. The molecule has 2 rings (SSSR count). The van der Waals surface area contributed by atoms with Crippen molar-refractivity contribution in [3.63, 3.8) is 0 Å². The van der Waals surface area contributed by atoms with Crippen molar-refractivity contribution < 1.29 is 4.79 Å².